The highest BCUT2D eigenvalue weighted by atomic mass is 35.5. The van der Waals surface area contributed by atoms with Crippen molar-refractivity contribution in [1.29, 1.82) is 0 Å². The van der Waals surface area contributed by atoms with Gasteiger partial charge in [0.25, 0.3) is 0 Å². The van der Waals surface area contributed by atoms with Crippen LogP contribution < -0.4 is 4.90 Å². The molecule has 2 nitrogen and oxygen atoms in total. The molecular weight excluding hydrogens is 222 g/mol. The largest absolute Gasteiger partial charge is 0.507 e. The number of nitrogens with zero attached hydrogens (tertiary/aromatic N) is 1. The van der Waals surface area contributed by atoms with Gasteiger partial charge in [-0.05, 0) is 17.4 Å². The van der Waals surface area contributed by atoms with Crippen molar-refractivity contribution in [3.05, 3.63) is 35.9 Å². The van der Waals surface area contributed by atoms with Gasteiger partial charge in [-0.3, -0.25) is 0 Å². The maximum Gasteiger partial charge on any atom is 0.125 e. The zero-order chi connectivity index (χ0) is 11.1. The number of rotatable bonds is 1. The lowest BCUT2D eigenvalue weighted by Gasteiger charge is -2.16. The summed E-state index contributed by atoms with van der Waals surface area (Å²) in [5, 5.41) is 12.1. The van der Waals surface area contributed by atoms with Crippen LogP contribution in [0.25, 0.3) is 10.8 Å². The van der Waals surface area contributed by atoms with E-state index in [1.807, 2.05) is 24.3 Å². The number of benzene rings is 2. The molecule has 1 heterocycles. The van der Waals surface area contributed by atoms with Crippen LogP contribution in [0.5, 0.6) is 5.75 Å². The van der Waals surface area contributed by atoms with E-state index < -0.39 is 0 Å². The van der Waals surface area contributed by atoms with Crippen molar-refractivity contribution in [2.24, 2.45) is 0 Å². The van der Waals surface area contributed by atoms with Gasteiger partial charge in [-0.15, -0.1) is 11.6 Å². The summed E-state index contributed by atoms with van der Waals surface area (Å²) in [5.41, 5.74) is 2.38. The topological polar surface area (TPSA) is 23.5 Å². The molecule has 82 valence electrons. The fourth-order valence-electron chi connectivity index (χ4n) is 2.44. The highest BCUT2D eigenvalue weighted by molar-refractivity contribution is 6.19. The van der Waals surface area contributed by atoms with Gasteiger partial charge in [0.2, 0.25) is 0 Å². The van der Waals surface area contributed by atoms with Crippen molar-refractivity contribution < 1.29 is 5.11 Å². The average molecular weight is 234 g/mol. The third kappa shape index (κ3) is 1.26. The number of alkyl halides is 1. The molecule has 0 bridgehead atoms. The molecule has 2 aromatic carbocycles. The zero-order valence-electron chi connectivity index (χ0n) is 8.78. The number of hydrogen-bond acceptors (Lipinski definition) is 2. The van der Waals surface area contributed by atoms with Crippen molar-refractivity contribution in [1.82, 2.24) is 0 Å². The molecular formula is C13H12ClNO. The molecule has 0 amide bonds. The molecule has 0 aliphatic carbocycles. The lowest BCUT2D eigenvalue weighted by atomic mass is 10.0. The Morgan fingerprint density at radius 3 is 2.75 bits per heavy atom. The van der Waals surface area contributed by atoms with E-state index in [0.29, 0.717) is 11.8 Å². The fourth-order valence-corrected chi connectivity index (χ4v) is 2.69. The molecule has 0 fully saturated rings. The minimum atomic E-state index is 0.339. The molecule has 1 N–H and O–H groups in total. The molecule has 1 aliphatic heterocycles. The van der Waals surface area contributed by atoms with Crippen molar-refractivity contribution >= 4 is 28.1 Å². The first-order valence-electron chi connectivity index (χ1n) is 5.36. The number of phenols is 1. The van der Waals surface area contributed by atoms with E-state index in [1.54, 1.807) is 0 Å². The van der Waals surface area contributed by atoms with Gasteiger partial charge in [-0.2, -0.15) is 0 Å². The van der Waals surface area contributed by atoms with Crippen LogP contribution in [0.4, 0.5) is 5.69 Å². The summed E-state index contributed by atoms with van der Waals surface area (Å²) in [6.07, 6.45) is 1.00. The second-order valence-corrected chi connectivity index (χ2v) is 4.31. The number of aromatic hydroxyl groups is 1. The van der Waals surface area contributed by atoms with E-state index >= 15 is 0 Å². The molecule has 0 aromatic heterocycles. The van der Waals surface area contributed by atoms with Crippen LogP contribution in [-0.4, -0.2) is 17.7 Å². The Balaban J connectivity index is 2.34. The van der Waals surface area contributed by atoms with E-state index in [-0.39, 0.29) is 0 Å². The predicted molar refractivity (Wildman–Crippen MR) is 67.4 cm³/mol. The van der Waals surface area contributed by atoms with Gasteiger partial charge in [0.1, 0.15) is 5.75 Å². The van der Waals surface area contributed by atoms with E-state index in [0.717, 1.165) is 29.4 Å². The molecule has 0 atom stereocenters. The van der Waals surface area contributed by atoms with Gasteiger partial charge in [0.15, 0.2) is 0 Å². The molecule has 1 aliphatic rings. The van der Waals surface area contributed by atoms with Crippen molar-refractivity contribution in [3.63, 3.8) is 0 Å². The second kappa shape index (κ2) is 3.56. The standard InChI is InChI=1S/C13H12ClNO/c14-8-15-6-5-10-9-3-1-2-4-11(9)13(16)7-12(10)15/h1-4,7,16H,5-6,8H2. The third-order valence-electron chi connectivity index (χ3n) is 3.23. The van der Waals surface area contributed by atoms with E-state index in [4.69, 9.17) is 11.6 Å². The number of phenolic OH excluding ortho intramolecular Hbond substituents is 1. The van der Waals surface area contributed by atoms with Gasteiger partial charge < -0.3 is 10.0 Å². The molecule has 3 heteroatoms. The Bertz CT molecular complexity index is 553. The van der Waals surface area contributed by atoms with Crippen LogP contribution in [-0.2, 0) is 6.42 Å². The lowest BCUT2D eigenvalue weighted by molar-refractivity contribution is 0.481. The van der Waals surface area contributed by atoms with Crippen LogP contribution >= 0.6 is 11.6 Å². The zero-order valence-corrected chi connectivity index (χ0v) is 9.54. The molecule has 0 saturated carbocycles. The molecule has 16 heavy (non-hydrogen) atoms. The SMILES string of the molecule is Oc1cc2c(c3ccccc13)CCN2CCl. The molecule has 0 unspecified atom stereocenters. The average Bonchev–Trinajstić information content (AvgIpc) is 2.72. The van der Waals surface area contributed by atoms with Crippen LogP contribution in [0.2, 0.25) is 0 Å². The van der Waals surface area contributed by atoms with Gasteiger partial charge >= 0.3 is 0 Å². The summed E-state index contributed by atoms with van der Waals surface area (Å²) in [5.74, 6) is 0.339. The number of anilines is 1. The normalized spacial score (nSPS) is 14.4. The van der Waals surface area contributed by atoms with Gasteiger partial charge in [0, 0.05) is 23.7 Å². The van der Waals surface area contributed by atoms with Crippen LogP contribution in [0, 0.1) is 0 Å². The highest BCUT2D eigenvalue weighted by Crippen LogP contribution is 2.39. The molecule has 0 saturated heterocycles. The van der Waals surface area contributed by atoms with E-state index in [1.165, 1.54) is 5.56 Å². The summed E-state index contributed by atoms with van der Waals surface area (Å²) in [7, 11) is 0. The lowest BCUT2D eigenvalue weighted by Crippen LogP contribution is -2.17. The number of hydrogen-bond donors (Lipinski definition) is 1. The predicted octanol–water partition coefficient (Wildman–Crippen LogP) is 3.10. The Morgan fingerprint density at radius 1 is 1.25 bits per heavy atom. The van der Waals surface area contributed by atoms with Crippen LogP contribution in [0.3, 0.4) is 0 Å². The Labute approximate surface area is 99.1 Å². The summed E-state index contributed by atoms with van der Waals surface area (Å²) in [6, 6.07) is 10.3. The van der Waals surface area contributed by atoms with Crippen molar-refractivity contribution in [2.45, 2.75) is 6.42 Å². The molecule has 3 rings (SSSR count). The second-order valence-electron chi connectivity index (χ2n) is 4.07. The first kappa shape index (κ1) is 9.79. The Morgan fingerprint density at radius 2 is 2.00 bits per heavy atom. The monoisotopic (exact) mass is 233 g/mol. The van der Waals surface area contributed by atoms with E-state index in [9.17, 15) is 5.11 Å². The minimum absolute atomic E-state index is 0.339. The van der Waals surface area contributed by atoms with Gasteiger partial charge in [-0.25, -0.2) is 0 Å². The van der Waals surface area contributed by atoms with Crippen LogP contribution in [0.15, 0.2) is 30.3 Å². The smallest absolute Gasteiger partial charge is 0.125 e. The summed E-state index contributed by atoms with van der Waals surface area (Å²) in [4.78, 5) is 2.09. The number of halogens is 1. The summed E-state index contributed by atoms with van der Waals surface area (Å²) in [6.45, 7) is 0.937. The minimum Gasteiger partial charge on any atom is -0.507 e. The Hall–Kier alpha value is -1.41. The first-order chi connectivity index (χ1) is 7.81. The highest BCUT2D eigenvalue weighted by Gasteiger charge is 2.21. The summed E-state index contributed by atoms with van der Waals surface area (Å²) >= 11 is 5.88. The maximum absolute atomic E-state index is 9.98. The van der Waals surface area contributed by atoms with Crippen molar-refractivity contribution in [2.75, 3.05) is 17.4 Å². The molecule has 2 aromatic rings. The van der Waals surface area contributed by atoms with E-state index in [2.05, 4.69) is 11.0 Å². The number of fused-ring (bicyclic) bond motifs is 3. The van der Waals surface area contributed by atoms with Gasteiger partial charge in [-0.1, -0.05) is 24.3 Å². The van der Waals surface area contributed by atoms with Gasteiger partial charge in [0.05, 0.1) is 6.00 Å². The molecule has 0 spiro atoms. The third-order valence-corrected chi connectivity index (χ3v) is 3.52. The maximum atomic E-state index is 9.98. The van der Waals surface area contributed by atoms with Crippen LogP contribution in [0.1, 0.15) is 5.56 Å². The summed E-state index contributed by atoms with van der Waals surface area (Å²) < 4.78 is 0. The fraction of sp³-hybridized carbons (Fsp3) is 0.231. The first-order valence-corrected chi connectivity index (χ1v) is 5.89. The Kier molecular flexibility index (Phi) is 2.18. The molecule has 0 radical (unpaired) electrons. The quantitative estimate of drug-likeness (QED) is 0.604. The van der Waals surface area contributed by atoms with Crippen molar-refractivity contribution in [3.8, 4) is 5.75 Å².